The highest BCUT2D eigenvalue weighted by Gasteiger charge is 2.25. The van der Waals surface area contributed by atoms with E-state index in [1.165, 1.54) is 19.3 Å². The summed E-state index contributed by atoms with van der Waals surface area (Å²) in [5.41, 5.74) is 6.12. The van der Waals surface area contributed by atoms with Crippen molar-refractivity contribution in [1.82, 2.24) is 5.32 Å². The predicted octanol–water partition coefficient (Wildman–Crippen LogP) is 3.12. The molecule has 0 spiro atoms. The first kappa shape index (κ1) is 16.5. The molecule has 120 valence electrons. The summed E-state index contributed by atoms with van der Waals surface area (Å²) in [6.07, 6.45) is 5.66. The maximum Gasteiger partial charge on any atom is 0.251 e. The summed E-state index contributed by atoms with van der Waals surface area (Å²) in [4.78, 5) is 23.5. The summed E-state index contributed by atoms with van der Waals surface area (Å²) in [5, 5.41) is 3.09. The number of carbonyl (C=O) groups excluding carboxylic acids is 2. The molecule has 22 heavy (non-hydrogen) atoms. The minimum absolute atomic E-state index is 0.116. The predicted molar refractivity (Wildman–Crippen MR) is 87.6 cm³/mol. The molecule has 2 rings (SSSR count). The van der Waals surface area contributed by atoms with E-state index in [4.69, 9.17) is 5.73 Å². The van der Waals surface area contributed by atoms with Crippen LogP contribution in [0.2, 0.25) is 0 Å². The lowest BCUT2D eigenvalue weighted by Gasteiger charge is -2.32. The van der Waals surface area contributed by atoms with Gasteiger partial charge in [-0.05, 0) is 55.7 Å². The van der Waals surface area contributed by atoms with Gasteiger partial charge < -0.3 is 11.1 Å². The lowest BCUT2D eigenvalue weighted by atomic mass is 9.78. The smallest absolute Gasteiger partial charge is 0.251 e. The van der Waals surface area contributed by atoms with Gasteiger partial charge >= 0.3 is 0 Å². The van der Waals surface area contributed by atoms with Crippen LogP contribution < -0.4 is 11.1 Å². The Kier molecular flexibility index (Phi) is 5.58. The van der Waals surface area contributed by atoms with Gasteiger partial charge in [0.15, 0.2) is 0 Å². The molecule has 4 heteroatoms. The van der Waals surface area contributed by atoms with Gasteiger partial charge in [-0.3, -0.25) is 9.59 Å². The average Bonchev–Trinajstić information content (AvgIpc) is 2.54. The third-order valence-corrected chi connectivity index (χ3v) is 4.97. The number of hydrogen-bond donors (Lipinski definition) is 2. The molecule has 4 nitrogen and oxygen atoms in total. The van der Waals surface area contributed by atoms with E-state index in [0.29, 0.717) is 11.1 Å². The number of primary amides is 1. The molecular formula is C18H26N2O2. The van der Waals surface area contributed by atoms with E-state index in [9.17, 15) is 9.59 Å². The fraction of sp³-hybridized carbons (Fsp3) is 0.556. The van der Waals surface area contributed by atoms with Crippen LogP contribution in [-0.2, 0) is 0 Å². The summed E-state index contributed by atoms with van der Waals surface area (Å²) in [5.74, 6) is 0.930. The molecule has 0 aromatic heterocycles. The number of hydrogen-bond acceptors (Lipinski definition) is 2. The van der Waals surface area contributed by atoms with Crippen molar-refractivity contribution in [2.45, 2.75) is 52.0 Å². The van der Waals surface area contributed by atoms with Crippen LogP contribution in [0.1, 0.15) is 66.7 Å². The fourth-order valence-electron chi connectivity index (χ4n) is 3.25. The van der Waals surface area contributed by atoms with E-state index in [0.717, 1.165) is 24.7 Å². The summed E-state index contributed by atoms with van der Waals surface area (Å²) < 4.78 is 0. The first-order valence-corrected chi connectivity index (χ1v) is 8.22. The van der Waals surface area contributed by atoms with Crippen molar-refractivity contribution in [3.63, 3.8) is 0 Å². The van der Waals surface area contributed by atoms with Crippen molar-refractivity contribution in [2.75, 3.05) is 0 Å². The van der Waals surface area contributed by atoms with Crippen LogP contribution in [0, 0.1) is 11.8 Å². The summed E-state index contributed by atoms with van der Waals surface area (Å²) in [6.45, 7) is 4.56. The van der Waals surface area contributed by atoms with Crippen LogP contribution >= 0.6 is 0 Å². The van der Waals surface area contributed by atoms with Crippen LogP contribution in [0.3, 0.4) is 0 Å². The molecule has 0 aliphatic heterocycles. The third-order valence-electron chi connectivity index (χ3n) is 4.97. The Labute approximate surface area is 132 Å². The van der Waals surface area contributed by atoms with Gasteiger partial charge in [0.2, 0.25) is 5.91 Å². The second-order valence-electron chi connectivity index (χ2n) is 6.42. The highest BCUT2D eigenvalue weighted by molar-refractivity contribution is 5.99. The highest BCUT2D eigenvalue weighted by atomic mass is 16.2. The molecule has 0 heterocycles. The Balaban J connectivity index is 1.91. The van der Waals surface area contributed by atoms with Crippen molar-refractivity contribution < 1.29 is 9.59 Å². The molecule has 0 radical (unpaired) electrons. The Morgan fingerprint density at radius 2 is 1.86 bits per heavy atom. The largest absolute Gasteiger partial charge is 0.366 e. The Morgan fingerprint density at radius 1 is 1.23 bits per heavy atom. The number of nitrogens with one attached hydrogen (secondary N) is 1. The molecule has 1 atom stereocenters. The lowest BCUT2D eigenvalue weighted by molar-refractivity contribution is 0.0916. The molecule has 1 unspecified atom stereocenters. The fourth-order valence-corrected chi connectivity index (χ4v) is 3.25. The van der Waals surface area contributed by atoms with Crippen LogP contribution in [-0.4, -0.2) is 17.9 Å². The highest BCUT2D eigenvalue weighted by Crippen LogP contribution is 2.31. The summed E-state index contributed by atoms with van der Waals surface area (Å²) in [7, 11) is 0. The molecule has 1 aliphatic carbocycles. The standard InChI is InChI=1S/C18H26N2O2/c1-3-12(2)13-7-9-16(10-8-13)20-18(22)15-6-4-5-14(11-15)17(19)21/h4-6,11-13,16H,3,7-10H2,1-2H3,(H2,19,21)(H,20,22). The van der Waals surface area contributed by atoms with E-state index < -0.39 is 5.91 Å². The molecule has 1 aromatic carbocycles. The van der Waals surface area contributed by atoms with Crippen molar-refractivity contribution >= 4 is 11.8 Å². The zero-order valence-corrected chi connectivity index (χ0v) is 13.5. The first-order chi connectivity index (χ1) is 10.5. The first-order valence-electron chi connectivity index (χ1n) is 8.22. The van der Waals surface area contributed by atoms with Crippen molar-refractivity contribution in [3.8, 4) is 0 Å². The van der Waals surface area contributed by atoms with E-state index in [1.807, 2.05) is 0 Å². The van der Waals surface area contributed by atoms with Gasteiger partial charge in [0, 0.05) is 17.2 Å². The molecular weight excluding hydrogens is 276 g/mol. The van der Waals surface area contributed by atoms with Gasteiger partial charge in [0.25, 0.3) is 5.91 Å². The minimum atomic E-state index is -0.510. The van der Waals surface area contributed by atoms with Crippen LogP contribution in [0.5, 0.6) is 0 Å². The lowest BCUT2D eigenvalue weighted by Crippen LogP contribution is -2.38. The molecule has 0 saturated heterocycles. The number of rotatable bonds is 5. The minimum Gasteiger partial charge on any atom is -0.366 e. The van der Waals surface area contributed by atoms with Gasteiger partial charge in [0.05, 0.1) is 0 Å². The van der Waals surface area contributed by atoms with Crippen molar-refractivity contribution in [1.29, 1.82) is 0 Å². The molecule has 1 aliphatic rings. The number of amides is 2. The molecule has 1 fully saturated rings. The Hall–Kier alpha value is -1.84. The second kappa shape index (κ2) is 7.43. The Bertz CT molecular complexity index is 534. The van der Waals surface area contributed by atoms with Gasteiger partial charge in [-0.15, -0.1) is 0 Å². The van der Waals surface area contributed by atoms with Gasteiger partial charge in [-0.1, -0.05) is 26.3 Å². The number of carbonyl (C=O) groups is 2. The third kappa shape index (κ3) is 4.09. The average molecular weight is 302 g/mol. The summed E-state index contributed by atoms with van der Waals surface area (Å²) >= 11 is 0. The second-order valence-corrected chi connectivity index (χ2v) is 6.42. The molecule has 3 N–H and O–H groups in total. The van der Waals surface area contributed by atoms with Crippen LogP contribution in [0.15, 0.2) is 24.3 Å². The quantitative estimate of drug-likeness (QED) is 0.877. The molecule has 1 aromatic rings. The number of nitrogens with two attached hydrogens (primary N) is 1. The van der Waals surface area contributed by atoms with E-state index in [1.54, 1.807) is 24.3 Å². The normalized spacial score (nSPS) is 22.8. The Morgan fingerprint density at radius 3 is 2.45 bits per heavy atom. The van der Waals surface area contributed by atoms with E-state index >= 15 is 0 Å². The van der Waals surface area contributed by atoms with Crippen LogP contribution in [0.4, 0.5) is 0 Å². The van der Waals surface area contributed by atoms with E-state index in [-0.39, 0.29) is 11.9 Å². The van der Waals surface area contributed by atoms with Gasteiger partial charge in [0.1, 0.15) is 0 Å². The maximum absolute atomic E-state index is 12.3. The summed E-state index contributed by atoms with van der Waals surface area (Å²) in [6, 6.07) is 6.82. The van der Waals surface area contributed by atoms with Gasteiger partial charge in [-0.2, -0.15) is 0 Å². The van der Waals surface area contributed by atoms with E-state index in [2.05, 4.69) is 19.2 Å². The molecule has 1 saturated carbocycles. The zero-order valence-electron chi connectivity index (χ0n) is 13.5. The van der Waals surface area contributed by atoms with Crippen molar-refractivity contribution in [3.05, 3.63) is 35.4 Å². The maximum atomic E-state index is 12.3. The van der Waals surface area contributed by atoms with Gasteiger partial charge in [-0.25, -0.2) is 0 Å². The monoisotopic (exact) mass is 302 g/mol. The number of benzene rings is 1. The molecule has 0 bridgehead atoms. The topological polar surface area (TPSA) is 72.2 Å². The molecule has 2 amide bonds. The SMILES string of the molecule is CCC(C)C1CCC(NC(=O)c2cccc(C(N)=O)c2)CC1. The zero-order chi connectivity index (χ0) is 16.1. The van der Waals surface area contributed by atoms with Crippen LogP contribution in [0.25, 0.3) is 0 Å². The van der Waals surface area contributed by atoms with Crippen molar-refractivity contribution in [2.24, 2.45) is 17.6 Å².